The maximum Gasteiger partial charge on any atom is 0.341 e. The summed E-state index contributed by atoms with van der Waals surface area (Å²) in [5.74, 6) is -0.410. The molecule has 0 aliphatic heterocycles. The van der Waals surface area contributed by atoms with Crippen LogP contribution in [-0.4, -0.2) is 20.2 Å². The summed E-state index contributed by atoms with van der Waals surface area (Å²) in [6, 6.07) is 13.8. The summed E-state index contributed by atoms with van der Waals surface area (Å²) in [5, 5.41) is 2.20. The van der Waals surface area contributed by atoms with Crippen LogP contribution in [-0.2, 0) is 14.3 Å². The zero-order chi connectivity index (χ0) is 13.0. The fourth-order valence-electron chi connectivity index (χ4n) is 1.82. The molecule has 2 rings (SSSR count). The van der Waals surface area contributed by atoms with Gasteiger partial charge < -0.3 is 9.47 Å². The standard InChI is InChI=1S/C15H14O3/c1-17-10-14(15(16)18-2)13-8-7-11-5-3-4-6-12(11)9-13/h3-10H,1-2H3. The molecule has 2 aromatic carbocycles. The molecule has 2 aromatic rings. The average Bonchev–Trinajstić information content (AvgIpc) is 2.43. The number of rotatable bonds is 3. The largest absolute Gasteiger partial charge is 0.503 e. The SMILES string of the molecule is COC=C(C(=O)OC)c1ccc2ccccc2c1. The number of hydrogen-bond acceptors (Lipinski definition) is 3. The molecular formula is C15H14O3. The number of fused-ring (bicyclic) bond motifs is 1. The number of ether oxygens (including phenoxy) is 2. The molecule has 0 unspecified atom stereocenters. The van der Waals surface area contributed by atoms with Gasteiger partial charge in [0, 0.05) is 0 Å². The Morgan fingerprint density at radius 2 is 1.78 bits per heavy atom. The summed E-state index contributed by atoms with van der Waals surface area (Å²) in [5.41, 5.74) is 1.19. The molecule has 0 saturated carbocycles. The lowest BCUT2D eigenvalue weighted by Crippen LogP contribution is -2.04. The fraction of sp³-hybridized carbons (Fsp3) is 0.133. The quantitative estimate of drug-likeness (QED) is 0.471. The summed E-state index contributed by atoms with van der Waals surface area (Å²) in [6.07, 6.45) is 1.40. The molecule has 92 valence electrons. The van der Waals surface area contributed by atoms with E-state index in [4.69, 9.17) is 9.47 Å². The minimum Gasteiger partial charge on any atom is -0.503 e. The van der Waals surface area contributed by atoms with Crippen LogP contribution in [0.15, 0.2) is 48.7 Å². The molecule has 3 heteroatoms. The van der Waals surface area contributed by atoms with Crippen molar-refractivity contribution in [1.82, 2.24) is 0 Å². The highest BCUT2D eigenvalue weighted by atomic mass is 16.5. The Morgan fingerprint density at radius 1 is 1.06 bits per heavy atom. The Bertz CT molecular complexity index is 599. The van der Waals surface area contributed by atoms with Crippen molar-refractivity contribution < 1.29 is 14.3 Å². The Balaban J connectivity index is 2.51. The van der Waals surface area contributed by atoms with Crippen LogP contribution in [0.1, 0.15) is 5.56 Å². The van der Waals surface area contributed by atoms with E-state index >= 15 is 0 Å². The van der Waals surface area contributed by atoms with Crippen molar-refractivity contribution in [2.75, 3.05) is 14.2 Å². The van der Waals surface area contributed by atoms with Crippen LogP contribution in [0.5, 0.6) is 0 Å². The van der Waals surface area contributed by atoms with E-state index in [9.17, 15) is 4.79 Å². The summed E-state index contributed by atoms with van der Waals surface area (Å²) >= 11 is 0. The van der Waals surface area contributed by atoms with Gasteiger partial charge in [-0.25, -0.2) is 4.79 Å². The molecule has 0 saturated heterocycles. The summed E-state index contributed by atoms with van der Waals surface area (Å²) in [4.78, 5) is 11.7. The van der Waals surface area contributed by atoms with Crippen LogP contribution < -0.4 is 0 Å². The van der Waals surface area contributed by atoms with Crippen molar-refractivity contribution in [2.24, 2.45) is 0 Å². The second-order valence-corrected chi connectivity index (χ2v) is 3.82. The monoisotopic (exact) mass is 242 g/mol. The molecule has 0 aliphatic rings. The second kappa shape index (κ2) is 5.36. The predicted molar refractivity (Wildman–Crippen MR) is 71.0 cm³/mol. The van der Waals surface area contributed by atoms with Crippen molar-refractivity contribution in [3.05, 3.63) is 54.3 Å². The van der Waals surface area contributed by atoms with Crippen molar-refractivity contribution >= 4 is 22.3 Å². The molecule has 0 bridgehead atoms. The third kappa shape index (κ3) is 2.35. The lowest BCUT2D eigenvalue weighted by Gasteiger charge is -2.06. The van der Waals surface area contributed by atoms with E-state index in [1.54, 1.807) is 0 Å². The van der Waals surface area contributed by atoms with Crippen molar-refractivity contribution in [1.29, 1.82) is 0 Å². The third-order valence-corrected chi connectivity index (χ3v) is 2.70. The van der Waals surface area contributed by atoms with E-state index in [-0.39, 0.29) is 0 Å². The molecule has 0 fully saturated rings. The van der Waals surface area contributed by atoms with Crippen molar-refractivity contribution in [3.63, 3.8) is 0 Å². The number of benzene rings is 2. The van der Waals surface area contributed by atoms with E-state index in [1.165, 1.54) is 20.5 Å². The van der Waals surface area contributed by atoms with Gasteiger partial charge in [0.2, 0.25) is 0 Å². The van der Waals surface area contributed by atoms with Gasteiger partial charge in [-0.15, -0.1) is 0 Å². The van der Waals surface area contributed by atoms with Gasteiger partial charge in [0.15, 0.2) is 0 Å². The Morgan fingerprint density at radius 3 is 2.44 bits per heavy atom. The van der Waals surface area contributed by atoms with Crippen LogP contribution in [0.25, 0.3) is 16.3 Å². The van der Waals surface area contributed by atoms with Gasteiger partial charge in [0.05, 0.1) is 20.5 Å². The maximum atomic E-state index is 11.7. The zero-order valence-electron chi connectivity index (χ0n) is 10.3. The second-order valence-electron chi connectivity index (χ2n) is 3.82. The van der Waals surface area contributed by atoms with Gasteiger partial charge >= 0.3 is 5.97 Å². The first kappa shape index (κ1) is 12.2. The third-order valence-electron chi connectivity index (χ3n) is 2.70. The average molecular weight is 242 g/mol. The van der Waals surface area contributed by atoms with E-state index in [2.05, 4.69) is 0 Å². The van der Waals surface area contributed by atoms with E-state index in [0.717, 1.165) is 16.3 Å². The Hall–Kier alpha value is -2.29. The maximum absolute atomic E-state index is 11.7. The summed E-state index contributed by atoms with van der Waals surface area (Å²) in [6.45, 7) is 0. The Kier molecular flexibility index (Phi) is 3.63. The first-order valence-corrected chi connectivity index (χ1v) is 5.56. The van der Waals surface area contributed by atoms with Gasteiger partial charge in [-0.2, -0.15) is 0 Å². The lowest BCUT2D eigenvalue weighted by molar-refractivity contribution is -0.133. The van der Waals surface area contributed by atoms with Crippen LogP contribution in [0.4, 0.5) is 0 Å². The predicted octanol–water partition coefficient (Wildman–Crippen LogP) is 3.00. The van der Waals surface area contributed by atoms with Crippen LogP contribution in [0, 0.1) is 0 Å². The smallest absolute Gasteiger partial charge is 0.341 e. The molecule has 0 amide bonds. The van der Waals surface area contributed by atoms with E-state index in [0.29, 0.717) is 5.57 Å². The fourth-order valence-corrected chi connectivity index (χ4v) is 1.82. The molecule has 0 N–H and O–H groups in total. The van der Waals surface area contributed by atoms with Crippen molar-refractivity contribution in [3.8, 4) is 0 Å². The van der Waals surface area contributed by atoms with Gasteiger partial charge in [-0.3, -0.25) is 0 Å². The Labute approximate surface area is 106 Å². The van der Waals surface area contributed by atoms with Crippen molar-refractivity contribution in [2.45, 2.75) is 0 Å². The number of esters is 1. The highest BCUT2D eigenvalue weighted by Gasteiger charge is 2.13. The molecule has 0 atom stereocenters. The summed E-state index contributed by atoms with van der Waals surface area (Å²) in [7, 11) is 2.86. The van der Waals surface area contributed by atoms with Gasteiger partial charge in [0.25, 0.3) is 0 Å². The zero-order valence-corrected chi connectivity index (χ0v) is 10.3. The van der Waals surface area contributed by atoms with Crippen LogP contribution >= 0.6 is 0 Å². The first-order chi connectivity index (χ1) is 8.76. The number of carbonyl (C=O) groups excluding carboxylic acids is 1. The van der Waals surface area contributed by atoms with Gasteiger partial charge in [-0.1, -0.05) is 36.4 Å². The molecule has 18 heavy (non-hydrogen) atoms. The molecule has 0 spiro atoms. The van der Waals surface area contributed by atoms with E-state index in [1.807, 2.05) is 42.5 Å². The van der Waals surface area contributed by atoms with Crippen LogP contribution in [0.2, 0.25) is 0 Å². The molecule has 0 aliphatic carbocycles. The minimum absolute atomic E-state index is 0.408. The molecule has 0 radical (unpaired) electrons. The minimum atomic E-state index is -0.410. The molecule has 3 nitrogen and oxygen atoms in total. The molecule has 0 heterocycles. The lowest BCUT2D eigenvalue weighted by atomic mass is 10.0. The molecule has 0 aromatic heterocycles. The normalized spacial score (nSPS) is 11.3. The number of carbonyl (C=O) groups is 1. The van der Waals surface area contributed by atoms with Gasteiger partial charge in [-0.05, 0) is 22.4 Å². The summed E-state index contributed by atoms with van der Waals surface area (Å²) < 4.78 is 9.67. The van der Waals surface area contributed by atoms with E-state index < -0.39 is 5.97 Å². The van der Waals surface area contributed by atoms with Gasteiger partial charge in [0.1, 0.15) is 5.57 Å². The van der Waals surface area contributed by atoms with Crippen LogP contribution in [0.3, 0.4) is 0 Å². The number of methoxy groups -OCH3 is 2. The molecular weight excluding hydrogens is 228 g/mol. The highest BCUT2D eigenvalue weighted by Crippen LogP contribution is 2.22. The topological polar surface area (TPSA) is 35.5 Å². The highest BCUT2D eigenvalue weighted by molar-refractivity contribution is 6.16. The number of hydrogen-bond donors (Lipinski definition) is 0. The first-order valence-electron chi connectivity index (χ1n) is 5.56.